The predicted octanol–water partition coefficient (Wildman–Crippen LogP) is -0.969. The van der Waals surface area contributed by atoms with Crippen molar-refractivity contribution < 1.29 is 29.2 Å². The first-order chi connectivity index (χ1) is 7.69. The van der Waals surface area contributed by atoms with Gasteiger partial charge < -0.3 is 29.2 Å². The van der Waals surface area contributed by atoms with E-state index in [4.69, 9.17) is 29.2 Å². The Bertz CT molecular complexity index is 139. The van der Waals surface area contributed by atoms with Crippen LogP contribution in [0.1, 0.15) is 0 Å². The normalized spacial score (nSPS) is 19.1. The van der Waals surface area contributed by atoms with Gasteiger partial charge in [0, 0.05) is 28.4 Å². The molecule has 0 rings (SSSR count). The summed E-state index contributed by atoms with van der Waals surface area (Å²) in [6.45, 7) is -0.395. The Morgan fingerprint density at radius 3 is 1.12 bits per heavy atom. The first-order valence-corrected chi connectivity index (χ1v) is 5.02. The molecule has 0 saturated heterocycles. The summed E-state index contributed by atoms with van der Waals surface area (Å²) >= 11 is 0. The smallest absolute Gasteiger partial charge is 0.114 e. The molecule has 0 spiro atoms. The van der Waals surface area contributed by atoms with Crippen LogP contribution in [0.5, 0.6) is 0 Å². The highest BCUT2D eigenvalue weighted by Gasteiger charge is 2.35. The van der Waals surface area contributed by atoms with E-state index in [-0.39, 0.29) is 13.2 Å². The van der Waals surface area contributed by atoms with Gasteiger partial charge in [0.2, 0.25) is 0 Å². The lowest BCUT2D eigenvalue weighted by molar-refractivity contribution is -0.163. The number of aliphatic hydroxyl groups is 2. The molecule has 0 radical (unpaired) electrons. The van der Waals surface area contributed by atoms with Crippen molar-refractivity contribution in [1.82, 2.24) is 0 Å². The van der Waals surface area contributed by atoms with Crippen molar-refractivity contribution >= 4 is 0 Å². The molecule has 0 heterocycles. The number of methoxy groups -OCH3 is 4. The molecule has 98 valence electrons. The summed E-state index contributed by atoms with van der Waals surface area (Å²) in [5, 5.41) is 18.3. The van der Waals surface area contributed by atoms with Gasteiger partial charge in [-0.1, -0.05) is 0 Å². The molecule has 6 heteroatoms. The molecule has 0 unspecified atom stereocenters. The van der Waals surface area contributed by atoms with Gasteiger partial charge in [0.15, 0.2) is 0 Å². The van der Waals surface area contributed by atoms with E-state index in [1.165, 1.54) is 28.4 Å². The van der Waals surface area contributed by atoms with E-state index in [1.807, 2.05) is 0 Å². The molecule has 0 bridgehead atoms. The van der Waals surface area contributed by atoms with E-state index in [2.05, 4.69) is 0 Å². The van der Waals surface area contributed by atoms with Crippen LogP contribution < -0.4 is 0 Å². The fourth-order valence-electron chi connectivity index (χ4n) is 1.62. The summed E-state index contributed by atoms with van der Waals surface area (Å²) in [6.07, 6.45) is -2.09. The first kappa shape index (κ1) is 15.8. The lowest BCUT2D eigenvalue weighted by Crippen LogP contribution is -2.50. The maximum Gasteiger partial charge on any atom is 0.114 e. The van der Waals surface area contributed by atoms with Crippen molar-refractivity contribution in [3.63, 3.8) is 0 Å². The van der Waals surface area contributed by atoms with Crippen LogP contribution in [0.3, 0.4) is 0 Å². The van der Waals surface area contributed by atoms with Crippen molar-refractivity contribution in [2.24, 2.45) is 0 Å². The Morgan fingerprint density at radius 1 is 0.688 bits per heavy atom. The minimum atomic E-state index is -0.529. The van der Waals surface area contributed by atoms with Crippen molar-refractivity contribution in [2.75, 3.05) is 41.7 Å². The summed E-state index contributed by atoms with van der Waals surface area (Å²) in [5.41, 5.74) is 0. The number of hydrogen-bond acceptors (Lipinski definition) is 6. The maximum absolute atomic E-state index is 9.14. The van der Waals surface area contributed by atoms with Gasteiger partial charge >= 0.3 is 0 Å². The Morgan fingerprint density at radius 2 is 1.00 bits per heavy atom. The van der Waals surface area contributed by atoms with Gasteiger partial charge in [-0.05, 0) is 0 Å². The van der Waals surface area contributed by atoms with Crippen LogP contribution >= 0.6 is 0 Å². The summed E-state index contributed by atoms with van der Waals surface area (Å²) in [7, 11) is 5.92. The summed E-state index contributed by atoms with van der Waals surface area (Å²) < 4.78 is 20.6. The molecule has 0 aliphatic heterocycles. The molecule has 0 aromatic heterocycles. The molecule has 16 heavy (non-hydrogen) atoms. The van der Waals surface area contributed by atoms with Gasteiger partial charge in [-0.25, -0.2) is 0 Å². The van der Waals surface area contributed by atoms with E-state index in [1.54, 1.807) is 0 Å². The molecule has 0 aliphatic rings. The van der Waals surface area contributed by atoms with Crippen LogP contribution in [0, 0.1) is 0 Å². The second-order valence-electron chi connectivity index (χ2n) is 3.31. The molecule has 6 nitrogen and oxygen atoms in total. The molecule has 4 atom stereocenters. The van der Waals surface area contributed by atoms with Gasteiger partial charge in [0.25, 0.3) is 0 Å². The lowest BCUT2D eigenvalue weighted by Gasteiger charge is -2.33. The third-order valence-corrected chi connectivity index (χ3v) is 2.57. The first-order valence-electron chi connectivity index (χ1n) is 5.02. The zero-order valence-electron chi connectivity index (χ0n) is 10.3. The van der Waals surface area contributed by atoms with Gasteiger partial charge in [0.05, 0.1) is 13.2 Å². The van der Waals surface area contributed by atoms with E-state index in [9.17, 15) is 0 Å². The zero-order chi connectivity index (χ0) is 12.6. The van der Waals surface area contributed by atoms with Crippen molar-refractivity contribution in [2.45, 2.75) is 24.4 Å². The van der Waals surface area contributed by atoms with Crippen LogP contribution in [0.2, 0.25) is 0 Å². The van der Waals surface area contributed by atoms with Crippen LogP contribution in [0.25, 0.3) is 0 Å². The Kier molecular flexibility index (Phi) is 8.73. The summed E-state index contributed by atoms with van der Waals surface area (Å²) in [5.74, 6) is 0. The number of aliphatic hydroxyl groups excluding tert-OH is 2. The summed E-state index contributed by atoms with van der Waals surface area (Å²) in [4.78, 5) is 0. The molecular weight excluding hydrogens is 216 g/mol. The average Bonchev–Trinajstić information content (AvgIpc) is 2.33. The highest BCUT2D eigenvalue weighted by molar-refractivity contribution is 4.84. The van der Waals surface area contributed by atoms with Gasteiger partial charge in [0.1, 0.15) is 24.4 Å². The zero-order valence-corrected chi connectivity index (χ0v) is 10.3. The second-order valence-corrected chi connectivity index (χ2v) is 3.31. The monoisotopic (exact) mass is 238 g/mol. The average molecular weight is 238 g/mol. The standard InChI is InChI=1S/C10H22O6/c1-13-7(5-11)9(15-3)10(16-4)8(6-12)14-2/h7-12H,5-6H2,1-4H3/t7-,8+,9+,10-. The van der Waals surface area contributed by atoms with Crippen LogP contribution in [0.15, 0.2) is 0 Å². The molecule has 0 fully saturated rings. The van der Waals surface area contributed by atoms with E-state index in [0.29, 0.717) is 0 Å². The van der Waals surface area contributed by atoms with Gasteiger partial charge in [-0.3, -0.25) is 0 Å². The quantitative estimate of drug-likeness (QED) is 0.538. The molecule has 0 saturated carbocycles. The SMILES string of the molecule is CO[C@H]([C@H](OC)[C@H](CO)OC)[C@@H](CO)OC. The summed E-state index contributed by atoms with van der Waals surface area (Å²) in [6, 6.07) is 0. The Hall–Kier alpha value is -0.240. The molecule has 0 aromatic rings. The Balaban J connectivity index is 4.71. The third-order valence-electron chi connectivity index (χ3n) is 2.57. The fourth-order valence-corrected chi connectivity index (χ4v) is 1.62. The van der Waals surface area contributed by atoms with Crippen molar-refractivity contribution in [3.05, 3.63) is 0 Å². The number of ether oxygens (including phenoxy) is 4. The highest BCUT2D eigenvalue weighted by Crippen LogP contribution is 2.15. The molecule has 0 aromatic carbocycles. The number of rotatable bonds is 9. The molecule has 0 aliphatic carbocycles. The number of hydrogen-bond donors (Lipinski definition) is 2. The molecular formula is C10H22O6. The van der Waals surface area contributed by atoms with Gasteiger partial charge in [-0.2, -0.15) is 0 Å². The van der Waals surface area contributed by atoms with E-state index in [0.717, 1.165) is 0 Å². The minimum Gasteiger partial charge on any atom is -0.394 e. The molecule has 2 N–H and O–H groups in total. The maximum atomic E-state index is 9.14. The van der Waals surface area contributed by atoms with Crippen LogP contribution in [-0.2, 0) is 18.9 Å². The van der Waals surface area contributed by atoms with Crippen molar-refractivity contribution in [3.8, 4) is 0 Å². The Labute approximate surface area is 96.1 Å². The van der Waals surface area contributed by atoms with Crippen molar-refractivity contribution in [1.29, 1.82) is 0 Å². The van der Waals surface area contributed by atoms with Crippen LogP contribution in [0.4, 0.5) is 0 Å². The van der Waals surface area contributed by atoms with E-state index >= 15 is 0 Å². The molecule has 0 amide bonds. The highest BCUT2D eigenvalue weighted by atomic mass is 16.6. The fraction of sp³-hybridized carbons (Fsp3) is 1.00. The largest absolute Gasteiger partial charge is 0.394 e. The van der Waals surface area contributed by atoms with Crippen LogP contribution in [-0.4, -0.2) is 76.3 Å². The van der Waals surface area contributed by atoms with Gasteiger partial charge in [-0.15, -0.1) is 0 Å². The third kappa shape index (κ3) is 3.97. The topological polar surface area (TPSA) is 77.4 Å². The minimum absolute atomic E-state index is 0.198. The second kappa shape index (κ2) is 8.86. The van der Waals surface area contributed by atoms with E-state index < -0.39 is 24.4 Å². The predicted molar refractivity (Wildman–Crippen MR) is 57.4 cm³/mol. The lowest BCUT2D eigenvalue weighted by atomic mass is 10.0.